The van der Waals surface area contributed by atoms with Crippen molar-refractivity contribution in [2.45, 2.75) is 24.6 Å². The molecule has 0 spiro atoms. The van der Waals surface area contributed by atoms with Crippen LogP contribution in [-0.4, -0.2) is 55.6 Å². The summed E-state index contributed by atoms with van der Waals surface area (Å²) in [5.74, 6) is 1.47. The van der Waals surface area contributed by atoms with Gasteiger partial charge in [0, 0.05) is 29.5 Å². The van der Waals surface area contributed by atoms with Crippen LogP contribution in [0.15, 0.2) is 36.8 Å². The van der Waals surface area contributed by atoms with E-state index in [-0.39, 0.29) is 0 Å². The molecule has 1 aliphatic heterocycles. The molecular formula is C19H19F3N6OS. The second kappa shape index (κ2) is 8.13. The average Bonchev–Trinajstić information content (AvgIpc) is 3.16. The number of rotatable bonds is 5. The first-order chi connectivity index (χ1) is 14.4. The minimum absolute atomic E-state index is 0.382. The number of amides is 1. The number of anilines is 1. The Labute approximate surface area is 174 Å². The summed E-state index contributed by atoms with van der Waals surface area (Å²) in [7, 11) is 0. The molecule has 11 heteroatoms. The Morgan fingerprint density at radius 3 is 2.77 bits per heavy atom. The number of pyridine rings is 1. The van der Waals surface area contributed by atoms with E-state index in [0.29, 0.717) is 41.6 Å². The number of H-pyrrole nitrogens is 1. The van der Waals surface area contributed by atoms with Gasteiger partial charge in [-0.1, -0.05) is 0 Å². The third-order valence-electron chi connectivity index (χ3n) is 4.95. The first kappa shape index (κ1) is 20.5. The van der Waals surface area contributed by atoms with Gasteiger partial charge in [-0.05, 0) is 42.5 Å². The summed E-state index contributed by atoms with van der Waals surface area (Å²) in [5.41, 5.74) is 0.294. The molecule has 0 bridgehead atoms. The molecule has 1 fully saturated rings. The number of hydrogen-bond acceptors (Lipinski definition) is 6. The summed E-state index contributed by atoms with van der Waals surface area (Å²) in [6.07, 6.45) is 1.31. The zero-order chi connectivity index (χ0) is 21.2. The molecule has 1 amide bonds. The summed E-state index contributed by atoms with van der Waals surface area (Å²) < 4.78 is 37.8. The largest absolute Gasteiger partial charge is 0.405 e. The van der Waals surface area contributed by atoms with Crippen LogP contribution in [0.2, 0.25) is 0 Å². The highest BCUT2D eigenvalue weighted by Crippen LogP contribution is 2.32. The number of halogens is 3. The number of alkyl halides is 3. The van der Waals surface area contributed by atoms with Gasteiger partial charge < -0.3 is 15.6 Å². The molecule has 3 N–H and O–H groups in total. The first-order valence-electron chi connectivity index (χ1n) is 9.33. The number of hydrogen-bond donors (Lipinski definition) is 3. The molecule has 7 nitrogen and oxygen atoms in total. The fourth-order valence-corrected chi connectivity index (χ4v) is 4.61. The van der Waals surface area contributed by atoms with Crippen molar-refractivity contribution in [3.8, 4) is 11.4 Å². The van der Waals surface area contributed by atoms with Crippen LogP contribution in [-0.2, 0) is 4.79 Å². The molecule has 3 aromatic heterocycles. The van der Waals surface area contributed by atoms with E-state index in [0.717, 1.165) is 10.9 Å². The number of fused-ring (bicyclic) bond motifs is 1. The van der Waals surface area contributed by atoms with Gasteiger partial charge in [0.2, 0.25) is 5.91 Å². The van der Waals surface area contributed by atoms with Gasteiger partial charge in [0.1, 0.15) is 23.5 Å². The van der Waals surface area contributed by atoms with Gasteiger partial charge >= 0.3 is 6.18 Å². The Balaban J connectivity index is 1.61. The van der Waals surface area contributed by atoms with Crippen LogP contribution in [0.1, 0.15) is 12.8 Å². The smallest absolute Gasteiger partial charge is 0.356 e. The Hall–Kier alpha value is -2.82. The topological polar surface area (TPSA) is 95.6 Å². The second-order valence-electron chi connectivity index (χ2n) is 6.98. The molecule has 0 atom stereocenters. The lowest BCUT2D eigenvalue weighted by Gasteiger charge is -2.36. The van der Waals surface area contributed by atoms with Crippen molar-refractivity contribution in [2.75, 3.05) is 23.4 Å². The van der Waals surface area contributed by atoms with Crippen molar-refractivity contribution in [3.63, 3.8) is 0 Å². The maximum absolute atomic E-state index is 12.7. The van der Waals surface area contributed by atoms with Gasteiger partial charge in [-0.25, -0.2) is 15.0 Å². The van der Waals surface area contributed by atoms with Gasteiger partial charge in [0.15, 0.2) is 5.82 Å². The van der Waals surface area contributed by atoms with Crippen molar-refractivity contribution < 1.29 is 18.0 Å². The van der Waals surface area contributed by atoms with Crippen LogP contribution in [0, 0.1) is 0 Å². The summed E-state index contributed by atoms with van der Waals surface area (Å²) >= 11 is 1.67. The number of thioether (sulfide) groups is 1. The van der Waals surface area contributed by atoms with E-state index in [1.165, 1.54) is 0 Å². The maximum Gasteiger partial charge on any atom is 0.405 e. The summed E-state index contributed by atoms with van der Waals surface area (Å²) in [6.45, 7) is -1.36. The molecule has 1 saturated heterocycles. The third kappa shape index (κ3) is 4.35. The predicted octanol–water partition coefficient (Wildman–Crippen LogP) is 3.38. The number of aromatic nitrogens is 4. The number of aromatic amines is 1. The predicted molar refractivity (Wildman–Crippen MR) is 109 cm³/mol. The first-order valence-corrected chi connectivity index (χ1v) is 10.5. The lowest BCUT2D eigenvalue weighted by molar-refractivity contribution is -0.141. The Bertz CT molecular complexity index is 1050. The highest BCUT2D eigenvalue weighted by molar-refractivity contribution is 7.99. The SMILES string of the molecule is O=C(NCC(F)(F)F)C1(Nc2ccnc(-c3c[nH]c4ncccc34)n2)CCSCC1. The van der Waals surface area contributed by atoms with Gasteiger partial charge in [0.05, 0.1) is 0 Å². The van der Waals surface area contributed by atoms with Crippen molar-refractivity contribution in [1.29, 1.82) is 0 Å². The number of carbonyl (C=O) groups is 1. The third-order valence-corrected chi connectivity index (χ3v) is 5.93. The van der Waals surface area contributed by atoms with Crippen molar-refractivity contribution >= 4 is 34.5 Å². The average molecular weight is 436 g/mol. The minimum Gasteiger partial charge on any atom is -0.356 e. The van der Waals surface area contributed by atoms with E-state index in [9.17, 15) is 18.0 Å². The lowest BCUT2D eigenvalue weighted by Crippen LogP contribution is -2.56. The van der Waals surface area contributed by atoms with E-state index < -0.39 is 24.2 Å². The fourth-order valence-electron chi connectivity index (χ4n) is 3.42. The zero-order valence-electron chi connectivity index (χ0n) is 15.8. The molecule has 0 aliphatic carbocycles. The van der Waals surface area contributed by atoms with Gasteiger partial charge in [-0.2, -0.15) is 24.9 Å². The zero-order valence-corrected chi connectivity index (χ0v) is 16.6. The molecule has 0 unspecified atom stereocenters. The fraction of sp³-hybridized carbons (Fsp3) is 0.368. The summed E-state index contributed by atoms with van der Waals surface area (Å²) in [6, 6.07) is 5.31. The summed E-state index contributed by atoms with van der Waals surface area (Å²) in [5, 5.41) is 5.99. The van der Waals surface area contributed by atoms with Crippen molar-refractivity contribution in [2.24, 2.45) is 0 Å². The molecule has 4 rings (SSSR count). The second-order valence-corrected chi connectivity index (χ2v) is 8.21. The number of carbonyl (C=O) groups excluding carboxylic acids is 1. The molecule has 1 aliphatic rings. The molecular weight excluding hydrogens is 417 g/mol. The van der Waals surface area contributed by atoms with Gasteiger partial charge in [0.25, 0.3) is 0 Å². The quantitative estimate of drug-likeness (QED) is 0.568. The number of nitrogens with zero attached hydrogens (tertiary/aromatic N) is 3. The van der Waals surface area contributed by atoms with E-state index in [4.69, 9.17) is 0 Å². The van der Waals surface area contributed by atoms with Crippen LogP contribution in [0.4, 0.5) is 19.0 Å². The molecule has 30 heavy (non-hydrogen) atoms. The van der Waals surface area contributed by atoms with Crippen molar-refractivity contribution in [3.05, 3.63) is 36.8 Å². The van der Waals surface area contributed by atoms with Crippen LogP contribution in [0.25, 0.3) is 22.4 Å². The molecule has 0 radical (unpaired) electrons. The van der Waals surface area contributed by atoms with Crippen LogP contribution in [0.3, 0.4) is 0 Å². The van der Waals surface area contributed by atoms with Crippen LogP contribution in [0.5, 0.6) is 0 Å². The normalized spacial score (nSPS) is 16.4. The van der Waals surface area contributed by atoms with Crippen LogP contribution >= 0.6 is 11.8 Å². The Morgan fingerprint density at radius 1 is 1.20 bits per heavy atom. The molecule has 0 saturated carbocycles. The van der Waals surface area contributed by atoms with E-state index in [2.05, 4.69) is 25.3 Å². The minimum atomic E-state index is -4.47. The van der Waals surface area contributed by atoms with Crippen molar-refractivity contribution in [1.82, 2.24) is 25.3 Å². The maximum atomic E-state index is 12.7. The summed E-state index contributed by atoms with van der Waals surface area (Å²) in [4.78, 5) is 28.8. The molecule has 3 aromatic rings. The van der Waals surface area contributed by atoms with Gasteiger partial charge in [-0.15, -0.1) is 0 Å². The number of nitrogens with one attached hydrogen (secondary N) is 3. The Morgan fingerprint density at radius 2 is 2.00 bits per heavy atom. The van der Waals surface area contributed by atoms with E-state index in [1.54, 1.807) is 42.5 Å². The van der Waals surface area contributed by atoms with E-state index >= 15 is 0 Å². The van der Waals surface area contributed by atoms with Gasteiger partial charge in [-0.3, -0.25) is 4.79 Å². The monoisotopic (exact) mass is 436 g/mol. The highest BCUT2D eigenvalue weighted by Gasteiger charge is 2.41. The van der Waals surface area contributed by atoms with E-state index in [1.807, 2.05) is 11.4 Å². The lowest BCUT2D eigenvalue weighted by atomic mass is 9.91. The standard InChI is InChI=1S/C19H19F3N6OS/c20-19(21,22)11-26-17(29)18(4-8-30-9-5-18)28-14-3-7-24-16(27-14)13-10-25-15-12(13)2-1-6-23-15/h1-3,6-7,10H,4-5,8-9,11H2,(H,23,25)(H,26,29)(H,24,27,28). The Kier molecular flexibility index (Phi) is 5.54. The molecule has 4 heterocycles. The van der Waals surface area contributed by atoms with Crippen LogP contribution < -0.4 is 10.6 Å². The highest BCUT2D eigenvalue weighted by atomic mass is 32.2. The molecule has 0 aromatic carbocycles. The molecule has 158 valence electrons.